The van der Waals surface area contributed by atoms with Crippen molar-refractivity contribution in [3.63, 3.8) is 0 Å². The number of thiophene rings is 1. The summed E-state index contributed by atoms with van der Waals surface area (Å²) in [6.45, 7) is 0.264. The molecule has 0 radical (unpaired) electrons. The van der Waals surface area contributed by atoms with Crippen LogP contribution in [0, 0.1) is 0 Å². The number of ether oxygens (including phenoxy) is 1. The molecule has 0 bridgehead atoms. The Morgan fingerprint density at radius 3 is 2.29 bits per heavy atom. The van der Waals surface area contributed by atoms with Gasteiger partial charge in [0.1, 0.15) is 10.6 Å². The van der Waals surface area contributed by atoms with Gasteiger partial charge in [0.05, 0.1) is 12.1 Å². The molecule has 1 aliphatic carbocycles. The second-order valence-corrected chi connectivity index (χ2v) is 11.8. The van der Waals surface area contributed by atoms with E-state index in [1.54, 1.807) is 19.2 Å². The van der Waals surface area contributed by atoms with Crippen LogP contribution in [0.4, 0.5) is 13.2 Å². The first kappa shape index (κ1) is 30.1. The number of Topliss-reactive ketones (excluding diaryl/α,β-unsaturated/α-hetero) is 1. The molecular formula is C32H30ClF3N2O3S. The fraction of sp³-hybridized carbons (Fsp3) is 0.312. The first-order valence-electron chi connectivity index (χ1n) is 13.6. The number of fused-ring (bicyclic) bond motifs is 1. The summed E-state index contributed by atoms with van der Waals surface area (Å²) >= 11 is 8.13. The molecule has 1 N–H and O–H groups in total. The lowest BCUT2D eigenvalue weighted by atomic mass is 9.89. The van der Waals surface area contributed by atoms with Crippen LogP contribution in [0.5, 0.6) is 5.75 Å². The van der Waals surface area contributed by atoms with Crippen molar-refractivity contribution in [3.05, 3.63) is 87.8 Å². The molecule has 1 aromatic heterocycles. The Bertz CT molecular complexity index is 1600. The van der Waals surface area contributed by atoms with Crippen molar-refractivity contribution in [2.75, 3.05) is 14.2 Å². The zero-order valence-electron chi connectivity index (χ0n) is 23.1. The Morgan fingerprint density at radius 1 is 1.00 bits per heavy atom. The maximum Gasteiger partial charge on any atom is 0.454 e. The highest BCUT2D eigenvalue weighted by atomic mass is 35.5. The molecule has 1 heterocycles. The number of benzene rings is 3. The lowest BCUT2D eigenvalue weighted by Gasteiger charge is -2.37. The van der Waals surface area contributed by atoms with E-state index in [-0.39, 0.29) is 18.5 Å². The Labute approximate surface area is 251 Å². The molecule has 1 aliphatic rings. The van der Waals surface area contributed by atoms with Gasteiger partial charge in [0.15, 0.2) is 0 Å². The number of nitrogens with one attached hydrogen (secondary N) is 1. The molecule has 3 aromatic carbocycles. The van der Waals surface area contributed by atoms with E-state index in [1.165, 1.54) is 35.6 Å². The first-order valence-corrected chi connectivity index (χ1v) is 14.8. The fourth-order valence-electron chi connectivity index (χ4n) is 5.57. The molecule has 0 spiro atoms. The van der Waals surface area contributed by atoms with E-state index in [0.29, 0.717) is 27.3 Å². The molecule has 0 unspecified atom stereocenters. The Kier molecular flexibility index (Phi) is 8.92. The van der Waals surface area contributed by atoms with Crippen LogP contribution in [0.15, 0.2) is 66.7 Å². The fourth-order valence-corrected chi connectivity index (χ4v) is 7.04. The summed E-state index contributed by atoms with van der Waals surface area (Å²) in [4.78, 5) is 28.2. The summed E-state index contributed by atoms with van der Waals surface area (Å²) in [5.41, 5.74) is 1.70. The summed E-state index contributed by atoms with van der Waals surface area (Å²) < 4.78 is 45.2. The van der Waals surface area contributed by atoms with Crippen molar-refractivity contribution in [1.82, 2.24) is 10.2 Å². The van der Waals surface area contributed by atoms with Gasteiger partial charge in [-0.1, -0.05) is 60.1 Å². The predicted molar refractivity (Wildman–Crippen MR) is 161 cm³/mol. The van der Waals surface area contributed by atoms with Crippen LogP contribution < -0.4 is 10.1 Å². The van der Waals surface area contributed by atoms with Gasteiger partial charge < -0.3 is 15.0 Å². The van der Waals surface area contributed by atoms with Gasteiger partial charge in [0, 0.05) is 39.8 Å². The van der Waals surface area contributed by atoms with Gasteiger partial charge in [-0.15, -0.1) is 11.3 Å². The van der Waals surface area contributed by atoms with E-state index in [2.05, 4.69) is 5.32 Å². The molecule has 1 amide bonds. The van der Waals surface area contributed by atoms with Gasteiger partial charge in [-0.25, -0.2) is 0 Å². The number of halogens is 4. The lowest BCUT2D eigenvalue weighted by Crippen LogP contribution is -2.44. The molecule has 0 saturated heterocycles. The molecular weight excluding hydrogens is 585 g/mol. The number of hydrogen-bond acceptors (Lipinski definition) is 5. The van der Waals surface area contributed by atoms with Gasteiger partial charge >= 0.3 is 6.18 Å². The van der Waals surface area contributed by atoms with Crippen molar-refractivity contribution in [2.24, 2.45) is 0 Å². The minimum absolute atomic E-state index is 0.00981. The molecule has 0 atom stereocenters. The minimum Gasteiger partial charge on any atom is -0.496 e. The zero-order valence-corrected chi connectivity index (χ0v) is 24.7. The van der Waals surface area contributed by atoms with Crippen LogP contribution in [-0.2, 0) is 6.54 Å². The smallest absolute Gasteiger partial charge is 0.454 e. The maximum atomic E-state index is 14.2. The second-order valence-electron chi connectivity index (χ2n) is 10.4. The predicted octanol–water partition coefficient (Wildman–Crippen LogP) is 8.15. The minimum atomic E-state index is -4.94. The van der Waals surface area contributed by atoms with Crippen molar-refractivity contribution < 1.29 is 27.5 Å². The number of carbonyl (C=O) groups is 2. The summed E-state index contributed by atoms with van der Waals surface area (Å²) in [7, 11) is 3.51. The van der Waals surface area contributed by atoms with E-state index in [9.17, 15) is 22.8 Å². The van der Waals surface area contributed by atoms with Crippen molar-refractivity contribution in [1.29, 1.82) is 0 Å². The van der Waals surface area contributed by atoms with Gasteiger partial charge in [0.2, 0.25) is 0 Å². The number of ketones is 1. The lowest BCUT2D eigenvalue weighted by molar-refractivity contribution is -0.0885. The Hall–Kier alpha value is -3.40. The standard InChI is InChI=1S/C32H30ClF3N2O3S/c1-37-23-12-14-24(15-13-23)38(31(40)29-28(33)25-5-3-4-6-27(25)42-29)18-22-17-21(11-16-26(22)41-2)19-7-9-20(10-8-19)30(39)32(34,35)36/h3-11,16-17,23-24,37H,12-15,18H2,1-2H3. The number of alkyl halides is 3. The zero-order chi connectivity index (χ0) is 30.0. The number of nitrogens with zero attached hydrogens (tertiary/aromatic N) is 1. The summed E-state index contributed by atoms with van der Waals surface area (Å²) in [6, 6.07) is 18.9. The molecule has 1 saturated carbocycles. The third-order valence-electron chi connectivity index (χ3n) is 7.89. The number of carbonyl (C=O) groups excluding carboxylic acids is 2. The summed E-state index contributed by atoms with van der Waals surface area (Å²) in [5.74, 6) is -1.44. The van der Waals surface area contributed by atoms with Gasteiger partial charge in [-0.05, 0) is 62.1 Å². The molecule has 0 aliphatic heterocycles. The molecule has 4 aromatic rings. The van der Waals surface area contributed by atoms with E-state index in [4.69, 9.17) is 16.3 Å². The topological polar surface area (TPSA) is 58.6 Å². The van der Waals surface area contributed by atoms with Crippen LogP contribution in [-0.4, -0.2) is 49.0 Å². The third kappa shape index (κ3) is 6.19. The molecule has 5 nitrogen and oxygen atoms in total. The maximum absolute atomic E-state index is 14.2. The van der Waals surface area contributed by atoms with Crippen LogP contribution in [0.1, 0.15) is 51.3 Å². The van der Waals surface area contributed by atoms with Crippen LogP contribution in [0.25, 0.3) is 21.2 Å². The second kappa shape index (κ2) is 12.5. The van der Waals surface area contributed by atoms with Crippen LogP contribution in [0.3, 0.4) is 0 Å². The van der Waals surface area contributed by atoms with Gasteiger partial charge in [-0.3, -0.25) is 9.59 Å². The summed E-state index contributed by atoms with van der Waals surface area (Å²) in [5, 5.41) is 4.63. The van der Waals surface area contributed by atoms with Crippen LogP contribution in [0.2, 0.25) is 5.02 Å². The van der Waals surface area contributed by atoms with E-state index >= 15 is 0 Å². The Balaban J connectivity index is 1.49. The average molecular weight is 615 g/mol. The molecule has 10 heteroatoms. The van der Waals surface area contributed by atoms with Gasteiger partial charge in [0.25, 0.3) is 11.7 Å². The molecule has 1 fully saturated rings. The van der Waals surface area contributed by atoms with Crippen molar-refractivity contribution in [3.8, 4) is 16.9 Å². The highest BCUT2D eigenvalue weighted by Gasteiger charge is 2.39. The van der Waals surface area contributed by atoms with E-state index in [1.807, 2.05) is 42.3 Å². The highest BCUT2D eigenvalue weighted by molar-refractivity contribution is 7.21. The molecule has 42 heavy (non-hydrogen) atoms. The largest absolute Gasteiger partial charge is 0.496 e. The number of hydrogen-bond donors (Lipinski definition) is 1. The Morgan fingerprint density at radius 2 is 1.67 bits per heavy atom. The monoisotopic (exact) mass is 614 g/mol. The van der Waals surface area contributed by atoms with E-state index in [0.717, 1.165) is 46.9 Å². The number of amides is 1. The third-order valence-corrected chi connectivity index (χ3v) is 9.56. The summed E-state index contributed by atoms with van der Waals surface area (Å²) in [6.07, 6.45) is -1.40. The molecule has 5 rings (SSSR count). The quantitative estimate of drug-likeness (QED) is 0.204. The normalized spacial score (nSPS) is 17.3. The highest BCUT2D eigenvalue weighted by Crippen LogP contribution is 2.38. The van der Waals surface area contributed by atoms with Crippen molar-refractivity contribution >= 4 is 44.7 Å². The first-order chi connectivity index (χ1) is 20.1. The van der Waals surface area contributed by atoms with Gasteiger partial charge in [-0.2, -0.15) is 13.2 Å². The number of methoxy groups -OCH3 is 1. The van der Waals surface area contributed by atoms with Crippen molar-refractivity contribution in [2.45, 2.75) is 50.5 Å². The average Bonchev–Trinajstić information content (AvgIpc) is 3.35. The number of rotatable bonds is 8. The SMILES string of the molecule is CNC1CCC(N(Cc2cc(-c3ccc(C(=O)C(F)(F)F)cc3)ccc2OC)C(=O)c2sc3ccccc3c2Cl)CC1. The van der Waals surface area contributed by atoms with E-state index < -0.39 is 17.5 Å². The van der Waals surface area contributed by atoms with Crippen LogP contribution >= 0.6 is 22.9 Å². The molecule has 220 valence electrons.